The highest BCUT2D eigenvalue weighted by Crippen LogP contribution is 2.25. The second kappa shape index (κ2) is 8.19. The summed E-state index contributed by atoms with van der Waals surface area (Å²) >= 11 is 7.88. The molecule has 0 atom stereocenters. The maximum Gasteiger partial charge on any atom is 0.252 e. The van der Waals surface area contributed by atoms with Crippen LogP contribution in [-0.2, 0) is 6.54 Å². The number of rotatable bonds is 4. The van der Waals surface area contributed by atoms with Gasteiger partial charge in [-0.15, -0.1) is 0 Å². The molecule has 3 aromatic rings. The van der Waals surface area contributed by atoms with Gasteiger partial charge < -0.3 is 10.2 Å². The highest BCUT2D eigenvalue weighted by molar-refractivity contribution is 7.99. The van der Waals surface area contributed by atoms with Crippen LogP contribution in [0.5, 0.6) is 0 Å². The molecule has 0 radical (unpaired) electrons. The summed E-state index contributed by atoms with van der Waals surface area (Å²) in [7, 11) is 0. The lowest BCUT2D eigenvalue weighted by molar-refractivity contribution is 0.0952. The number of nitrogens with one attached hydrogen (secondary N) is 1. The van der Waals surface area contributed by atoms with Crippen molar-refractivity contribution in [2.45, 2.75) is 6.54 Å². The summed E-state index contributed by atoms with van der Waals surface area (Å²) in [5.74, 6) is 2.97. The number of hydrogen-bond donors (Lipinski definition) is 1. The number of carbonyl (C=O) groups excluding carboxylic acids is 1. The van der Waals surface area contributed by atoms with Crippen LogP contribution in [0, 0.1) is 0 Å². The van der Waals surface area contributed by atoms with Gasteiger partial charge in [-0.1, -0.05) is 41.9 Å². The molecule has 138 valence electrons. The number of aromatic nitrogens is 1. The Kier molecular flexibility index (Phi) is 5.50. The second-order valence-corrected chi connectivity index (χ2v) is 8.11. The molecule has 0 unspecified atom stereocenters. The average molecular weight is 398 g/mol. The molecule has 1 aliphatic rings. The molecular formula is C21H20ClN3OS. The second-order valence-electron chi connectivity index (χ2n) is 6.45. The molecule has 1 saturated heterocycles. The molecule has 1 aromatic heterocycles. The van der Waals surface area contributed by atoms with Crippen molar-refractivity contribution < 1.29 is 4.79 Å². The van der Waals surface area contributed by atoms with Crippen LogP contribution in [-0.4, -0.2) is 35.5 Å². The third-order valence-electron chi connectivity index (χ3n) is 4.65. The van der Waals surface area contributed by atoms with Gasteiger partial charge in [-0.05, 0) is 29.8 Å². The standard InChI is InChI=1S/C21H20ClN3OS/c22-16-7-5-15(6-8-16)14-23-21(26)18-13-20(25-9-11-27-12-10-25)24-19-4-2-1-3-17(18)19/h1-8,13H,9-12,14H2,(H,23,26). The number of benzene rings is 2. The Balaban J connectivity index is 1.62. The molecule has 4 rings (SSSR count). The number of amides is 1. The maximum atomic E-state index is 12.9. The van der Waals surface area contributed by atoms with E-state index in [2.05, 4.69) is 10.2 Å². The van der Waals surface area contributed by atoms with Crippen molar-refractivity contribution in [1.82, 2.24) is 10.3 Å². The molecule has 0 aliphatic carbocycles. The zero-order chi connectivity index (χ0) is 18.6. The number of anilines is 1. The molecule has 1 fully saturated rings. The largest absolute Gasteiger partial charge is 0.355 e. The summed E-state index contributed by atoms with van der Waals surface area (Å²) in [6.07, 6.45) is 0. The van der Waals surface area contributed by atoms with Gasteiger partial charge in [0.1, 0.15) is 5.82 Å². The summed E-state index contributed by atoms with van der Waals surface area (Å²) in [5.41, 5.74) is 2.53. The summed E-state index contributed by atoms with van der Waals surface area (Å²) in [4.78, 5) is 20.0. The Bertz CT molecular complexity index is 955. The molecular weight excluding hydrogens is 378 g/mol. The number of pyridine rings is 1. The molecule has 1 N–H and O–H groups in total. The first kappa shape index (κ1) is 18.1. The van der Waals surface area contributed by atoms with Crippen LogP contribution < -0.4 is 10.2 Å². The van der Waals surface area contributed by atoms with E-state index in [1.165, 1.54) is 0 Å². The Hall–Kier alpha value is -2.24. The van der Waals surface area contributed by atoms with Gasteiger partial charge in [-0.2, -0.15) is 11.8 Å². The van der Waals surface area contributed by atoms with E-state index < -0.39 is 0 Å². The Morgan fingerprint density at radius 3 is 2.63 bits per heavy atom. The van der Waals surface area contributed by atoms with Gasteiger partial charge in [-0.25, -0.2) is 4.98 Å². The minimum Gasteiger partial charge on any atom is -0.355 e. The monoisotopic (exact) mass is 397 g/mol. The van der Waals surface area contributed by atoms with Crippen molar-refractivity contribution in [3.05, 3.63) is 70.7 Å². The Morgan fingerprint density at radius 2 is 1.85 bits per heavy atom. The lowest BCUT2D eigenvalue weighted by Gasteiger charge is -2.28. The molecule has 1 amide bonds. The van der Waals surface area contributed by atoms with Crippen LogP contribution in [0.1, 0.15) is 15.9 Å². The van der Waals surface area contributed by atoms with E-state index in [1.807, 2.05) is 66.4 Å². The van der Waals surface area contributed by atoms with Crippen LogP contribution in [0.15, 0.2) is 54.6 Å². The van der Waals surface area contributed by atoms with E-state index in [1.54, 1.807) is 0 Å². The van der Waals surface area contributed by atoms with Crippen LogP contribution in [0.3, 0.4) is 0 Å². The molecule has 1 aliphatic heterocycles. The molecule has 27 heavy (non-hydrogen) atoms. The number of para-hydroxylation sites is 1. The molecule has 0 spiro atoms. The highest BCUT2D eigenvalue weighted by Gasteiger charge is 2.18. The van der Waals surface area contributed by atoms with E-state index in [9.17, 15) is 4.79 Å². The predicted molar refractivity (Wildman–Crippen MR) is 114 cm³/mol. The lowest BCUT2D eigenvalue weighted by Crippen LogP contribution is -2.33. The number of halogens is 1. The van der Waals surface area contributed by atoms with Crippen molar-refractivity contribution in [1.29, 1.82) is 0 Å². The fraction of sp³-hybridized carbons (Fsp3) is 0.238. The zero-order valence-corrected chi connectivity index (χ0v) is 16.4. The Labute approximate surface area is 167 Å². The van der Waals surface area contributed by atoms with E-state index in [-0.39, 0.29) is 5.91 Å². The van der Waals surface area contributed by atoms with Crippen molar-refractivity contribution in [2.75, 3.05) is 29.5 Å². The van der Waals surface area contributed by atoms with E-state index in [0.29, 0.717) is 17.1 Å². The average Bonchev–Trinajstić information content (AvgIpc) is 2.73. The van der Waals surface area contributed by atoms with Gasteiger partial charge in [-0.3, -0.25) is 4.79 Å². The van der Waals surface area contributed by atoms with E-state index in [4.69, 9.17) is 16.6 Å². The van der Waals surface area contributed by atoms with Crippen molar-refractivity contribution in [3.63, 3.8) is 0 Å². The van der Waals surface area contributed by atoms with Gasteiger partial charge in [0.2, 0.25) is 0 Å². The third kappa shape index (κ3) is 4.20. The van der Waals surface area contributed by atoms with Crippen LogP contribution in [0.4, 0.5) is 5.82 Å². The topological polar surface area (TPSA) is 45.2 Å². The minimum atomic E-state index is -0.0869. The van der Waals surface area contributed by atoms with E-state index >= 15 is 0 Å². The molecule has 2 aromatic carbocycles. The maximum absolute atomic E-state index is 12.9. The fourth-order valence-electron chi connectivity index (χ4n) is 3.18. The minimum absolute atomic E-state index is 0.0869. The molecule has 0 bridgehead atoms. The van der Waals surface area contributed by atoms with Gasteiger partial charge in [0.05, 0.1) is 11.1 Å². The smallest absolute Gasteiger partial charge is 0.252 e. The SMILES string of the molecule is O=C(NCc1ccc(Cl)cc1)c1cc(N2CCSCC2)nc2ccccc12. The van der Waals surface area contributed by atoms with Crippen molar-refractivity contribution in [2.24, 2.45) is 0 Å². The Morgan fingerprint density at radius 1 is 1.11 bits per heavy atom. The predicted octanol–water partition coefficient (Wildman–Crippen LogP) is 4.37. The fourth-order valence-corrected chi connectivity index (χ4v) is 4.21. The molecule has 2 heterocycles. The van der Waals surface area contributed by atoms with Crippen molar-refractivity contribution >= 4 is 46.0 Å². The lowest BCUT2D eigenvalue weighted by atomic mass is 10.1. The summed E-state index contributed by atoms with van der Waals surface area (Å²) < 4.78 is 0. The molecule has 4 nitrogen and oxygen atoms in total. The van der Waals surface area contributed by atoms with Gasteiger partial charge in [0, 0.05) is 41.5 Å². The first-order chi connectivity index (χ1) is 13.2. The van der Waals surface area contributed by atoms with Crippen LogP contribution >= 0.6 is 23.4 Å². The number of fused-ring (bicyclic) bond motifs is 1. The zero-order valence-electron chi connectivity index (χ0n) is 14.8. The summed E-state index contributed by atoms with van der Waals surface area (Å²) in [6.45, 7) is 2.38. The van der Waals surface area contributed by atoms with Crippen LogP contribution in [0.2, 0.25) is 5.02 Å². The number of nitrogens with zero attached hydrogens (tertiary/aromatic N) is 2. The molecule has 0 saturated carbocycles. The number of hydrogen-bond acceptors (Lipinski definition) is 4. The van der Waals surface area contributed by atoms with Gasteiger partial charge in [0.15, 0.2) is 0 Å². The van der Waals surface area contributed by atoms with Crippen molar-refractivity contribution in [3.8, 4) is 0 Å². The van der Waals surface area contributed by atoms with Crippen LogP contribution in [0.25, 0.3) is 10.9 Å². The number of carbonyl (C=O) groups is 1. The quantitative estimate of drug-likeness (QED) is 0.710. The normalized spacial score (nSPS) is 14.3. The van der Waals surface area contributed by atoms with Gasteiger partial charge in [0.25, 0.3) is 5.91 Å². The summed E-state index contributed by atoms with van der Waals surface area (Å²) in [6, 6.07) is 17.2. The third-order valence-corrected chi connectivity index (χ3v) is 5.84. The summed E-state index contributed by atoms with van der Waals surface area (Å²) in [5, 5.41) is 4.59. The number of thioether (sulfide) groups is 1. The first-order valence-electron chi connectivity index (χ1n) is 8.96. The van der Waals surface area contributed by atoms with Gasteiger partial charge >= 0.3 is 0 Å². The van der Waals surface area contributed by atoms with E-state index in [0.717, 1.165) is 46.9 Å². The molecule has 6 heteroatoms. The highest BCUT2D eigenvalue weighted by atomic mass is 35.5. The first-order valence-corrected chi connectivity index (χ1v) is 10.5.